The molecule has 0 radical (unpaired) electrons. The zero-order valence-corrected chi connectivity index (χ0v) is 12.1. The van der Waals surface area contributed by atoms with Crippen molar-refractivity contribution in [3.05, 3.63) is 0 Å². The van der Waals surface area contributed by atoms with Crippen molar-refractivity contribution in [2.24, 2.45) is 0 Å². The first-order valence-corrected chi connectivity index (χ1v) is 8.48. The first-order chi connectivity index (χ1) is 7.75. The van der Waals surface area contributed by atoms with Crippen LogP contribution in [0.2, 0.25) is 0 Å². The van der Waals surface area contributed by atoms with Crippen molar-refractivity contribution >= 4 is 9.84 Å². The molecule has 0 aromatic carbocycles. The molecule has 1 saturated carbocycles. The van der Waals surface area contributed by atoms with Crippen LogP contribution in [0.3, 0.4) is 0 Å². The molecule has 2 rings (SSSR count). The maximum atomic E-state index is 12.2. The van der Waals surface area contributed by atoms with E-state index in [9.17, 15) is 8.42 Å². The summed E-state index contributed by atoms with van der Waals surface area (Å²) in [5.41, 5.74) is -0.157. The van der Waals surface area contributed by atoms with E-state index in [4.69, 9.17) is 0 Å². The summed E-state index contributed by atoms with van der Waals surface area (Å²) in [6, 6.07) is 0. The van der Waals surface area contributed by atoms with Crippen LogP contribution in [-0.4, -0.2) is 30.5 Å². The molecule has 1 N–H and O–H groups in total. The average molecular weight is 259 g/mol. The summed E-state index contributed by atoms with van der Waals surface area (Å²) in [7, 11) is -2.86. The zero-order valence-electron chi connectivity index (χ0n) is 11.3. The number of nitrogens with one attached hydrogen (secondary N) is 1. The zero-order chi connectivity index (χ0) is 12.7. The molecule has 4 heteroatoms. The highest BCUT2D eigenvalue weighted by atomic mass is 32.2. The highest BCUT2D eigenvalue weighted by molar-refractivity contribution is 7.92. The number of sulfone groups is 1. The predicted molar refractivity (Wildman–Crippen MR) is 70.9 cm³/mol. The second-order valence-electron chi connectivity index (χ2n) is 6.74. The van der Waals surface area contributed by atoms with Crippen LogP contribution in [0, 0.1) is 0 Å². The summed E-state index contributed by atoms with van der Waals surface area (Å²) in [6.45, 7) is 6.40. The third-order valence-electron chi connectivity index (χ3n) is 4.06. The SMILES string of the molecule is CC(C)(C)NC1(C2CCCS2(=O)=O)CCCC1. The molecule has 0 aromatic heterocycles. The van der Waals surface area contributed by atoms with Crippen molar-refractivity contribution in [1.82, 2.24) is 5.32 Å². The Morgan fingerprint density at radius 3 is 2.12 bits per heavy atom. The minimum absolute atomic E-state index is 0.0115. The molecule has 2 aliphatic rings. The molecule has 100 valence electrons. The first-order valence-electron chi connectivity index (χ1n) is 6.76. The summed E-state index contributed by atoms with van der Waals surface area (Å²) in [5.74, 6) is 0.394. The van der Waals surface area contributed by atoms with Crippen molar-refractivity contribution in [3.63, 3.8) is 0 Å². The lowest BCUT2D eigenvalue weighted by Crippen LogP contribution is -2.60. The number of hydrogen-bond acceptors (Lipinski definition) is 3. The van der Waals surface area contributed by atoms with Gasteiger partial charge in [-0.05, 0) is 46.5 Å². The van der Waals surface area contributed by atoms with E-state index in [0.717, 1.165) is 38.5 Å². The molecule has 17 heavy (non-hydrogen) atoms. The molecular weight excluding hydrogens is 234 g/mol. The maximum Gasteiger partial charge on any atom is 0.154 e. The first kappa shape index (κ1) is 13.3. The van der Waals surface area contributed by atoms with Gasteiger partial charge in [-0.3, -0.25) is 0 Å². The van der Waals surface area contributed by atoms with Crippen LogP contribution in [0.25, 0.3) is 0 Å². The maximum absolute atomic E-state index is 12.2. The van der Waals surface area contributed by atoms with E-state index in [1.54, 1.807) is 0 Å². The standard InChI is InChI=1S/C13H25NO2S/c1-12(2,3)14-13(8-4-5-9-13)11-7-6-10-17(11,15)16/h11,14H,4-10H2,1-3H3. The van der Waals surface area contributed by atoms with E-state index < -0.39 is 9.84 Å². The van der Waals surface area contributed by atoms with E-state index in [2.05, 4.69) is 26.1 Å². The summed E-state index contributed by atoms with van der Waals surface area (Å²) in [6.07, 6.45) is 6.07. The molecule has 1 aliphatic carbocycles. The summed E-state index contributed by atoms with van der Waals surface area (Å²) in [4.78, 5) is 0. The normalized spacial score (nSPS) is 31.8. The average Bonchev–Trinajstić information content (AvgIpc) is 2.69. The highest BCUT2D eigenvalue weighted by Crippen LogP contribution is 2.41. The second kappa shape index (κ2) is 4.23. The molecule has 1 heterocycles. The molecule has 0 spiro atoms. The van der Waals surface area contributed by atoms with E-state index in [1.807, 2.05) is 0 Å². The van der Waals surface area contributed by atoms with Gasteiger partial charge in [-0.2, -0.15) is 0 Å². The van der Waals surface area contributed by atoms with Gasteiger partial charge in [0.15, 0.2) is 9.84 Å². The van der Waals surface area contributed by atoms with Crippen molar-refractivity contribution in [3.8, 4) is 0 Å². The Balaban J connectivity index is 2.29. The van der Waals surface area contributed by atoms with Crippen LogP contribution in [-0.2, 0) is 9.84 Å². The quantitative estimate of drug-likeness (QED) is 0.827. The van der Waals surface area contributed by atoms with Gasteiger partial charge in [0, 0.05) is 11.1 Å². The van der Waals surface area contributed by atoms with Gasteiger partial charge in [-0.15, -0.1) is 0 Å². The van der Waals surface area contributed by atoms with Gasteiger partial charge in [0.1, 0.15) is 0 Å². The van der Waals surface area contributed by atoms with Gasteiger partial charge in [0.25, 0.3) is 0 Å². The lowest BCUT2D eigenvalue weighted by atomic mass is 9.87. The second-order valence-corrected chi connectivity index (χ2v) is 9.04. The topological polar surface area (TPSA) is 46.2 Å². The molecule has 1 aliphatic heterocycles. The molecule has 0 aromatic rings. The fourth-order valence-electron chi connectivity index (χ4n) is 3.69. The predicted octanol–water partition coefficient (Wildman–Crippen LogP) is 2.26. The highest BCUT2D eigenvalue weighted by Gasteiger charge is 2.50. The minimum Gasteiger partial charge on any atom is -0.305 e. The van der Waals surface area contributed by atoms with Gasteiger partial charge in [0.05, 0.1) is 11.0 Å². The smallest absolute Gasteiger partial charge is 0.154 e. The Morgan fingerprint density at radius 1 is 1.12 bits per heavy atom. The van der Waals surface area contributed by atoms with Gasteiger partial charge < -0.3 is 5.32 Å². The van der Waals surface area contributed by atoms with E-state index in [1.165, 1.54) is 0 Å². The molecule has 1 unspecified atom stereocenters. The lowest BCUT2D eigenvalue weighted by Gasteiger charge is -2.41. The third-order valence-corrected chi connectivity index (χ3v) is 6.48. The Labute approximate surface area is 105 Å². The number of rotatable bonds is 2. The molecular formula is C13H25NO2S. The fourth-order valence-corrected chi connectivity index (χ4v) is 6.05. The van der Waals surface area contributed by atoms with Gasteiger partial charge in [-0.1, -0.05) is 12.8 Å². The van der Waals surface area contributed by atoms with Crippen LogP contribution in [0.1, 0.15) is 59.3 Å². The van der Waals surface area contributed by atoms with Crippen molar-refractivity contribution in [2.75, 3.05) is 5.75 Å². The Hall–Kier alpha value is -0.0900. The van der Waals surface area contributed by atoms with Crippen LogP contribution < -0.4 is 5.32 Å². The molecule has 3 nitrogen and oxygen atoms in total. The van der Waals surface area contributed by atoms with E-state index in [-0.39, 0.29) is 16.3 Å². The molecule has 1 atom stereocenters. The Morgan fingerprint density at radius 2 is 1.71 bits per heavy atom. The lowest BCUT2D eigenvalue weighted by molar-refractivity contribution is 0.233. The Kier molecular flexibility index (Phi) is 3.32. The summed E-state index contributed by atoms with van der Waals surface area (Å²) < 4.78 is 24.4. The van der Waals surface area contributed by atoms with Crippen molar-refractivity contribution in [2.45, 2.75) is 75.6 Å². The molecule has 2 fully saturated rings. The monoisotopic (exact) mass is 259 g/mol. The van der Waals surface area contributed by atoms with Gasteiger partial charge in [0.2, 0.25) is 0 Å². The summed E-state index contributed by atoms with van der Waals surface area (Å²) >= 11 is 0. The van der Waals surface area contributed by atoms with E-state index >= 15 is 0 Å². The largest absolute Gasteiger partial charge is 0.305 e. The summed E-state index contributed by atoms with van der Waals surface area (Å²) in [5, 5.41) is 3.51. The van der Waals surface area contributed by atoms with E-state index in [0.29, 0.717) is 5.75 Å². The fraction of sp³-hybridized carbons (Fsp3) is 1.00. The Bertz CT molecular complexity index is 375. The number of hydrogen-bond donors (Lipinski definition) is 1. The van der Waals surface area contributed by atoms with Crippen LogP contribution in [0.4, 0.5) is 0 Å². The van der Waals surface area contributed by atoms with Crippen molar-refractivity contribution in [1.29, 1.82) is 0 Å². The molecule has 0 amide bonds. The van der Waals surface area contributed by atoms with Crippen LogP contribution in [0.15, 0.2) is 0 Å². The molecule has 0 bridgehead atoms. The van der Waals surface area contributed by atoms with Crippen molar-refractivity contribution < 1.29 is 8.42 Å². The third kappa shape index (κ3) is 2.68. The van der Waals surface area contributed by atoms with Crippen LogP contribution in [0.5, 0.6) is 0 Å². The molecule has 1 saturated heterocycles. The van der Waals surface area contributed by atoms with Gasteiger partial charge in [-0.25, -0.2) is 8.42 Å². The minimum atomic E-state index is -2.86. The van der Waals surface area contributed by atoms with Crippen LogP contribution >= 0.6 is 0 Å². The van der Waals surface area contributed by atoms with Gasteiger partial charge >= 0.3 is 0 Å².